The smallest absolute Gasteiger partial charge is 0.238 e. The lowest BCUT2D eigenvalue weighted by Gasteiger charge is -2.38. The fourth-order valence-corrected chi connectivity index (χ4v) is 6.78. The largest absolute Gasteiger partial charge is 0.493 e. The number of hydrogen-bond donors (Lipinski definition) is 1. The molecule has 40 heavy (non-hydrogen) atoms. The third-order valence-corrected chi connectivity index (χ3v) is 8.53. The summed E-state index contributed by atoms with van der Waals surface area (Å²) in [5, 5.41) is 3.07. The Labute approximate surface area is 233 Å². The molecule has 1 saturated heterocycles. The quantitative estimate of drug-likeness (QED) is 0.439. The number of para-hydroxylation sites is 1. The lowest BCUT2D eigenvalue weighted by molar-refractivity contribution is -0.131. The zero-order chi connectivity index (χ0) is 28.4. The molecule has 3 aromatic carbocycles. The number of hydrogen-bond acceptors (Lipinski definition) is 6. The molecule has 3 aliphatic heterocycles. The Hall–Kier alpha value is -4.39. The molecule has 4 unspecified atom stereocenters. The number of Topliss-reactive ketones (excluding diaryl/α,β-unsaturated/α-hetero) is 2. The van der Waals surface area contributed by atoms with Crippen LogP contribution in [0.4, 0.5) is 5.69 Å². The monoisotopic (exact) mass is 536 g/mol. The van der Waals surface area contributed by atoms with Crippen LogP contribution in [-0.4, -0.2) is 42.6 Å². The number of amides is 1. The Bertz CT molecular complexity index is 1590. The van der Waals surface area contributed by atoms with Crippen molar-refractivity contribution in [1.82, 2.24) is 4.90 Å². The highest BCUT2D eigenvalue weighted by Crippen LogP contribution is 2.62. The number of carbonyl (C=O) groups excluding carboxylic acids is 3. The number of anilines is 1. The van der Waals surface area contributed by atoms with Crippen LogP contribution in [0.2, 0.25) is 0 Å². The van der Waals surface area contributed by atoms with E-state index in [0.29, 0.717) is 22.7 Å². The topological polar surface area (TPSA) is 84.9 Å². The fraction of sp³-hybridized carbons (Fsp3) is 0.303. The van der Waals surface area contributed by atoms with Gasteiger partial charge in [0.1, 0.15) is 5.41 Å². The van der Waals surface area contributed by atoms with Gasteiger partial charge in [0.05, 0.1) is 32.2 Å². The van der Waals surface area contributed by atoms with Crippen molar-refractivity contribution in [3.63, 3.8) is 0 Å². The number of fused-ring (bicyclic) bond motifs is 6. The van der Waals surface area contributed by atoms with E-state index in [0.717, 1.165) is 16.7 Å². The van der Waals surface area contributed by atoms with Gasteiger partial charge in [-0.3, -0.25) is 14.4 Å². The van der Waals surface area contributed by atoms with Gasteiger partial charge in [-0.2, -0.15) is 0 Å². The highest BCUT2D eigenvalue weighted by molar-refractivity contribution is 6.15. The molecule has 7 heteroatoms. The van der Waals surface area contributed by atoms with Crippen LogP contribution in [0, 0.1) is 11.3 Å². The molecule has 0 radical (unpaired) electrons. The molecule has 1 amide bonds. The number of rotatable bonds is 5. The minimum Gasteiger partial charge on any atom is -0.493 e. The van der Waals surface area contributed by atoms with E-state index in [1.807, 2.05) is 86.5 Å². The van der Waals surface area contributed by atoms with Crippen LogP contribution in [-0.2, 0) is 15.0 Å². The maximum Gasteiger partial charge on any atom is 0.238 e. The molecule has 7 nitrogen and oxygen atoms in total. The number of ether oxygens (including phenoxy) is 2. The Morgan fingerprint density at radius 2 is 1.62 bits per heavy atom. The van der Waals surface area contributed by atoms with Gasteiger partial charge in [-0.05, 0) is 47.0 Å². The number of nitrogens with one attached hydrogen (secondary N) is 1. The lowest BCUT2D eigenvalue weighted by Crippen LogP contribution is -2.50. The van der Waals surface area contributed by atoms with Gasteiger partial charge in [0.25, 0.3) is 0 Å². The predicted octanol–water partition coefficient (Wildman–Crippen LogP) is 5.42. The summed E-state index contributed by atoms with van der Waals surface area (Å²) in [6.07, 6.45) is 3.85. The number of benzene rings is 3. The maximum atomic E-state index is 14.8. The van der Waals surface area contributed by atoms with Crippen LogP contribution in [0.15, 0.2) is 72.9 Å². The zero-order valence-electron chi connectivity index (χ0n) is 23.2. The van der Waals surface area contributed by atoms with Crippen molar-refractivity contribution in [3.8, 4) is 11.5 Å². The molecule has 6 rings (SSSR count). The summed E-state index contributed by atoms with van der Waals surface area (Å²) in [4.78, 5) is 45.6. The van der Waals surface area contributed by atoms with Crippen LogP contribution in [0.25, 0.3) is 6.08 Å². The van der Waals surface area contributed by atoms with E-state index in [1.54, 1.807) is 18.2 Å². The maximum absolute atomic E-state index is 14.8. The SMILES string of the molecule is COc1ccc(C(=O)C2C(C(=O)C(C)(C)C)N3C=Cc4ccccc4C3C23C(=O)Nc2ccccc23)cc1OC. The van der Waals surface area contributed by atoms with Gasteiger partial charge in [-0.25, -0.2) is 0 Å². The van der Waals surface area contributed by atoms with Gasteiger partial charge in [0, 0.05) is 22.9 Å². The van der Waals surface area contributed by atoms with Crippen molar-refractivity contribution >= 4 is 29.2 Å². The Morgan fingerprint density at radius 1 is 0.925 bits per heavy atom. The van der Waals surface area contributed by atoms with Gasteiger partial charge in [0.15, 0.2) is 23.1 Å². The third kappa shape index (κ3) is 3.46. The second kappa shape index (κ2) is 9.08. The van der Waals surface area contributed by atoms with Crippen molar-refractivity contribution in [2.45, 2.75) is 38.3 Å². The highest BCUT2D eigenvalue weighted by atomic mass is 16.5. The van der Waals surface area contributed by atoms with Crippen LogP contribution >= 0.6 is 0 Å². The van der Waals surface area contributed by atoms with Gasteiger partial charge in [-0.15, -0.1) is 0 Å². The molecule has 0 bridgehead atoms. The number of carbonyl (C=O) groups is 3. The van der Waals surface area contributed by atoms with Crippen LogP contribution in [0.3, 0.4) is 0 Å². The molecule has 3 heterocycles. The van der Waals surface area contributed by atoms with Crippen LogP contribution < -0.4 is 14.8 Å². The molecule has 0 aromatic heterocycles. The van der Waals surface area contributed by atoms with E-state index in [-0.39, 0.29) is 17.5 Å². The predicted molar refractivity (Wildman–Crippen MR) is 152 cm³/mol. The first-order valence-electron chi connectivity index (χ1n) is 13.4. The second-order valence-electron chi connectivity index (χ2n) is 11.6. The van der Waals surface area contributed by atoms with Gasteiger partial charge < -0.3 is 19.7 Å². The molecule has 3 aromatic rings. The van der Waals surface area contributed by atoms with E-state index in [9.17, 15) is 14.4 Å². The minimum atomic E-state index is -1.35. The lowest BCUT2D eigenvalue weighted by atomic mass is 9.62. The summed E-state index contributed by atoms with van der Waals surface area (Å²) < 4.78 is 10.9. The van der Waals surface area contributed by atoms with E-state index >= 15 is 0 Å². The average molecular weight is 537 g/mol. The summed E-state index contributed by atoms with van der Waals surface area (Å²) in [7, 11) is 3.04. The molecule has 4 atom stereocenters. The first-order chi connectivity index (χ1) is 19.1. The summed E-state index contributed by atoms with van der Waals surface area (Å²) in [5.74, 6) is -0.803. The molecule has 1 fully saturated rings. The Kier molecular flexibility index (Phi) is 5.87. The highest BCUT2D eigenvalue weighted by Gasteiger charge is 2.71. The van der Waals surface area contributed by atoms with E-state index in [2.05, 4.69) is 5.32 Å². The molecule has 3 aliphatic rings. The van der Waals surface area contributed by atoms with Crippen molar-refractivity contribution in [3.05, 3.63) is 95.2 Å². The number of methoxy groups -OCH3 is 2. The first-order valence-corrected chi connectivity index (χ1v) is 13.4. The summed E-state index contributed by atoms with van der Waals surface area (Å²) >= 11 is 0. The summed E-state index contributed by atoms with van der Waals surface area (Å²) in [6, 6.07) is 18.9. The molecule has 1 N–H and O–H groups in total. The summed E-state index contributed by atoms with van der Waals surface area (Å²) in [6.45, 7) is 5.58. The van der Waals surface area contributed by atoms with Gasteiger partial charge >= 0.3 is 0 Å². The van der Waals surface area contributed by atoms with Gasteiger partial charge in [-0.1, -0.05) is 63.2 Å². The minimum absolute atomic E-state index is 0.102. The molecule has 0 aliphatic carbocycles. The number of ketones is 2. The standard InChI is InChI=1S/C33H32N2O5/c1-32(2,3)30(37)27-26(28(36)20-14-15-24(39-4)25(18-20)40-5)33(22-12-8-9-13-23(22)34-31(33)38)29-21-11-7-6-10-19(21)16-17-35(27)29/h6-18,26-27,29H,1-5H3,(H,34,38). The molecule has 204 valence electrons. The van der Waals surface area contributed by atoms with Crippen LogP contribution in [0.5, 0.6) is 11.5 Å². The zero-order valence-corrected chi connectivity index (χ0v) is 23.2. The van der Waals surface area contributed by atoms with Crippen molar-refractivity contribution in [1.29, 1.82) is 0 Å². The van der Waals surface area contributed by atoms with Crippen molar-refractivity contribution in [2.75, 3.05) is 19.5 Å². The molecular weight excluding hydrogens is 504 g/mol. The Balaban J connectivity index is 1.67. The summed E-state index contributed by atoms with van der Waals surface area (Å²) in [5.41, 5.74) is 1.48. The van der Waals surface area contributed by atoms with Crippen molar-refractivity contribution in [2.24, 2.45) is 11.3 Å². The molecule has 1 spiro atoms. The Morgan fingerprint density at radius 3 is 2.35 bits per heavy atom. The average Bonchev–Trinajstić information content (AvgIpc) is 3.43. The third-order valence-electron chi connectivity index (χ3n) is 8.53. The molecule has 0 saturated carbocycles. The normalized spacial score (nSPS) is 24.3. The van der Waals surface area contributed by atoms with E-state index < -0.39 is 28.8 Å². The molecular formula is C33H32N2O5. The van der Waals surface area contributed by atoms with Crippen molar-refractivity contribution < 1.29 is 23.9 Å². The second-order valence-corrected chi connectivity index (χ2v) is 11.6. The van der Waals surface area contributed by atoms with Gasteiger partial charge in [0.2, 0.25) is 5.91 Å². The fourth-order valence-electron chi connectivity index (χ4n) is 6.78. The number of nitrogens with zero attached hydrogens (tertiary/aromatic N) is 1. The van der Waals surface area contributed by atoms with Crippen LogP contribution in [0.1, 0.15) is 53.9 Å². The first kappa shape index (κ1) is 25.9. The van der Waals surface area contributed by atoms with E-state index in [4.69, 9.17) is 9.47 Å². The van der Waals surface area contributed by atoms with E-state index in [1.165, 1.54) is 14.2 Å².